The summed E-state index contributed by atoms with van der Waals surface area (Å²) in [5.74, 6) is -1.14. The first-order chi connectivity index (χ1) is 12.9. The van der Waals surface area contributed by atoms with Gasteiger partial charge in [0.15, 0.2) is 5.78 Å². The van der Waals surface area contributed by atoms with Gasteiger partial charge in [-0.3, -0.25) is 24.1 Å². The molecule has 0 aliphatic carbocycles. The second-order valence-electron chi connectivity index (χ2n) is 5.86. The average Bonchev–Trinajstić information content (AvgIpc) is 2.90. The summed E-state index contributed by atoms with van der Waals surface area (Å²) in [5, 5.41) is 2.11. The molecule has 136 valence electrons. The number of imide groups is 1. The van der Waals surface area contributed by atoms with Gasteiger partial charge in [0.25, 0.3) is 11.1 Å². The Kier molecular flexibility index (Phi) is 5.52. The van der Waals surface area contributed by atoms with Gasteiger partial charge < -0.3 is 5.32 Å². The number of thioether (sulfide) groups is 1. The van der Waals surface area contributed by atoms with Gasteiger partial charge in [0.1, 0.15) is 6.54 Å². The summed E-state index contributed by atoms with van der Waals surface area (Å²) < 4.78 is 0. The number of amides is 3. The maximum atomic E-state index is 12.4. The van der Waals surface area contributed by atoms with E-state index in [9.17, 15) is 19.2 Å². The summed E-state index contributed by atoms with van der Waals surface area (Å²) in [4.78, 5) is 49.4. The summed E-state index contributed by atoms with van der Waals surface area (Å²) in [5.41, 5.74) is 1.69. The predicted molar refractivity (Wildman–Crippen MR) is 104 cm³/mol. The van der Waals surface area contributed by atoms with E-state index >= 15 is 0 Å². The van der Waals surface area contributed by atoms with Crippen LogP contribution in [-0.4, -0.2) is 34.3 Å². The molecule has 2 aromatic carbocycles. The third kappa shape index (κ3) is 4.51. The highest BCUT2D eigenvalue weighted by atomic mass is 32.2. The monoisotopic (exact) mass is 380 g/mol. The predicted octanol–water partition coefficient (Wildman–Crippen LogP) is 3.56. The van der Waals surface area contributed by atoms with Crippen LogP contribution in [-0.2, 0) is 9.59 Å². The molecule has 0 saturated carbocycles. The van der Waals surface area contributed by atoms with Gasteiger partial charge in [0, 0.05) is 11.3 Å². The molecule has 6 nitrogen and oxygen atoms in total. The first-order valence-corrected chi connectivity index (χ1v) is 8.97. The number of rotatable bonds is 5. The van der Waals surface area contributed by atoms with Gasteiger partial charge >= 0.3 is 0 Å². The molecule has 1 fully saturated rings. The fourth-order valence-electron chi connectivity index (χ4n) is 2.50. The summed E-state index contributed by atoms with van der Waals surface area (Å²) in [7, 11) is 0. The second kappa shape index (κ2) is 8.01. The van der Waals surface area contributed by atoms with E-state index in [0.29, 0.717) is 11.3 Å². The SMILES string of the molecule is CC(=O)c1cccc(NC(=O)CN2C(=O)S/C(=C/c3ccccc3)C2=O)c1. The van der Waals surface area contributed by atoms with Crippen LogP contribution in [0.5, 0.6) is 0 Å². The highest BCUT2D eigenvalue weighted by Gasteiger charge is 2.36. The van der Waals surface area contributed by atoms with E-state index in [1.807, 2.05) is 30.3 Å². The number of nitrogens with one attached hydrogen (secondary N) is 1. The molecule has 2 aromatic rings. The Morgan fingerprint density at radius 1 is 1.07 bits per heavy atom. The minimum absolute atomic E-state index is 0.122. The topological polar surface area (TPSA) is 83.6 Å². The molecule has 7 heteroatoms. The van der Waals surface area contributed by atoms with Crippen molar-refractivity contribution in [1.82, 2.24) is 4.90 Å². The standard InChI is InChI=1S/C20H16N2O4S/c1-13(23)15-8-5-9-16(11-15)21-18(24)12-22-19(25)17(27-20(22)26)10-14-6-3-2-4-7-14/h2-11H,12H2,1H3,(H,21,24)/b17-10+. The van der Waals surface area contributed by atoms with Crippen molar-refractivity contribution in [2.45, 2.75) is 6.92 Å². The van der Waals surface area contributed by atoms with Gasteiger partial charge in [-0.25, -0.2) is 0 Å². The normalized spacial score (nSPS) is 15.3. The summed E-state index contributed by atoms with van der Waals surface area (Å²) in [6.07, 6.45) is 1.62. The Bertz CT molecular complexity index is 953. The maximum absolute atomic E-state index is 12.4. The van der Waals surface area contributed by atoms with Crippen LogP contribution in [0.4, 0.5) is 10.5 Å². The van der Waals surface area contributed by atoms with E-state index in [4.69, 9.17) is 0 Å². The molecule has 0 bridgehead atoms. The lowest BCUT2D eigenvalue weighted by Crippen LogP contribution is -2.36. The Hall–Kier alpha value is -3.19. The zero-order valence-corrected chi connectivity index (χ0v) is 15.3. The highest BCUT2D eigenvalue weighted by Crippen LogP contribution is 2.32. The fourth-order valence-corrected chi connectivity index (χ4v) is 3.34. The first kappa shape index (κ1) is 18.6. The Morgan fingerprint density at radius 2 is 1.81 bits per heavy atom. The number of anilines is 1. The van der Waals surface area contributed by atoms with Crippen molar-refractivity contribution in [1.29, 1.82) is 0 Å². The molecule has 1 saturated heterocycles. The molecular weight excluding hydrogens is 364 g/mol. The lowest BCUT2D eigenvalue weighted by Gasteiger charge is -2.12. The van der Waals surface area contributed by atoms with E-state index in [2.05, 4.69) is 5.32 Å². The van der Waals surface area contributed by atoms with Crippen molar-refractivity contribution in [3.63, 3.8) is 0 Å². The quantitative estimate of drug-likeness (QED) is 0.633. The number of nitrogens with zero attached hydrogens (tertiary/aromatic N) is 1. The number of Topliss-reactive ketones (excluding diaryl/α,β-unsaturated/α-hetero) is 1. The number of ketones is 1. The third-order valence-corrected chi connectivity index (χ3v) is 4.73. The molecule has 1 N–H and O–H groups in total. The number of carbonyl (C=O) groups excluding carboxylic acids is 4. The molecule has 0 atom stereocenters. The van der Waals surface area contributed by atoms with Crippen LogP contribution in [0.3, 0.4) is 0 Å². The van der Waals surface area contributed by atoms with E-state index in [-0.39, 0.29) is 17.2 Å². The summed E-state index contributed by atoms with van der Waals surface area (Å²) in [6.45, 7) is 1.04. The van der Waals surface area contributed by atoms with Crippen molar-refractivity contribution in [2.75, 3.05) is 11.9 Å². The zero-order chi connectivity index (χ0) is 19.4. The van der Waals surface area contributed by atoms with Crippen LogP contribution in [0.25, 0.3) is 6.08 Å². The van der Waals surface area contributed by atoms with Crippen LogP contribution in [0.1, 0.15) is 22.8 Å². The molecular formula is C20H16N2O4S. The van der Waals surface area contributed by atoms with Crippen LogP contribution in [0.2, 0.25) is 0 Å². The minimum atomic E-state index is -0.515. The largest absolute Gasteiger partial charge is 0.325 e. The van der Waals surface area contributed by atoms with Crippen molar-refractivity contribution >= 4 is 46.4 Å². The first-order valence-electron chi connectivity index (χ1n) is 8.15. The average molecular weight is 380 g/mol. The molecule has 0 unspecified atom stereocenters. The number of carbonyl (C=O) groups is 4. The van der Waals surface area contributed by atoms with Gasteiger partial charge in [0.05, 0.1) is 4.91 Å². The molecule has 1 aliphatic heterocycles. The number of benzene rings is 2. The van der Waals surface area contributed by atoms with Crippen LogP contribution in [0.15, 0.2) is 59.5 Å². The minimum Gasteiger partial charge on any atom is -0.325 e. The maximum Gasteiger partial charge on any atom is 0.294 e. The van der Waals surface area contributed by atoms with Gasteiger partial charge in [0.2, 0.25) is 5.91 Å². The molecule has 3 amide bonds. The smallest absolute Gasteiger partial charge is 0.294 e. The van der Waals surface area contributed by atoms with E-state index in [1.165, 1.54) is 6.92 Å². The molecule has 3 rings (SSSR count). The molecule has 0 aromatic heterocycles. The molecule has 0 spiro atoms. The molecule has 1 heterocycles. The lowest BCUT2D eigenvalue weighted by molar-refractivity contribution is -0.127. The summed E-state index contributed by atoms with van der Waals surface area (Å²) in [6, 6.07) is 15.6. The van der Waals surface area contributed by atoms with Crippen molar-refractivity contribution in [3.8, 4) is 0 Å². The Labute approximate surface area is 160 Å². The highest BCUT2D eigenvalue weighted by molar-refractivity contribution is 8.18. The number of hydrogen-bond acceptors (Lipinski definition) is 5. The van der Waals surface area contributed by atoms with Gasteiger partial charge in [-0.05, 0) is 42.5 Å². The fraction of sp³-hybridized carbons (Fsp3) is 0.100. The Morgan fingerprint density at radius 3 is 2.52 bits per heavy atom. The lowest BCUT2D eigenvalue weighted by atomic mass is 10.1. The van der Waals surface area contributed by atoms with Gasteiger partial charge in [-0.1, -0.05) is 42.5 Å². The third-order valence-electron chi connectivity index (χ3n) is 3.83. The zero-order valence-electron chi connectivity index (χ0n) is 14.5. The van der Waals surface area contributed by atoms with Crippen LogP contribution >= 0.6 is 11.8 Å². The van der Waals surface area contributed by atoms with Crippen molar-refractivity contribution in [3.05, 3.63) is 70.6 Å². The molecule has 0 radical (unpaired) electrons. The van der Waals surface area contributed by atoms with Crippen molar-refractivity contribution in [2.24, 2.45) is 0 Å². The van der Waals surface area contributed by atoms with Crippen molar-refractivity contribution < 1.29 is 19.2 Å². The van der Waals surface area contributed by atoms with E-state index in [0.717, 1.165) is 22.2 Å². The molecule has 1 aliphatic rings. The van der Waals surface area contributed by atoms with Crippen LogP contribution in [0, 0.1) is 0 Å². The summed E-state index contributed by atoms with van der Waals surface area (Å²) >= 11 is 0.805. The van der Waals surface area contributed by atoms with E-state index < -0.39 is 17.1 Å². The van der Waals surface area contributed by atoms with Gasteiger partial charge in [-0.2, -0.15) is 0 Å². The van der Waals surface area contributed by atoms with Gasteiger partial charge in [-0.15, -0.1) is 0 Å². The van der Waals surface area contributed by atoms with Crippen LogP contribution < -0.4 is 5.32 Å². The number of hydrogen-bond donors (Lipinski definition) is 1. The second-order valence-corrected chi connectivity index (χ2v) is 6.86. The molecule has 27 heavy (non-hydrogen) atoms. The van der Waals surface area contributed by atoms with E-state index in [1.54, 1.807) is 30.3 Å². The Balaban J connectivity index is 1.68.